The van der Waals surface area contributed by atoms with Crippen LogP contribution in [-0.2, 0) is 0 Å². The molecule has 2 heteroatoms. The molecule has 1 saturated heterocycles. The van der Waals surface area contributed by atoms with Gasteiger partial charge in [-0.2, -0.15) is 0 Å². The van der Waals surface area contributed by atoms with E-state index in [0.29, 0.717) is 5.41 Å². The zero-order valence-corrected chi connectivity index (χ0v) is 6.85. The lowest BCUT2D eigenvalue weighted by Gasteiger charge is -2.39. The van der Waals surface area contributed by atoms with Crippen LogP contribution in [0.1, 0.15) is 26.7 Å². The van der Waals surface area contributed by atoms with E-state index in [1.807, 2.05) is 6.92 Å². The lowest BCUT2D eigenvalue weighted by molar-refractivity contribution is 0.122. The topological polar surface area (TPSA) is 32.3 Å². The zero-order valence-electron chi connectivity index (χ0n) is 6.85. The van der Waals surface area contributed by atoms with Crippen molar-refractivity contribution >= 4 is 0 Å². The SMILES string of the molecule is CC(O)CCC1(C)CNC1. The molecule has 0 aromatic rings. The molecule has 0 spiro atoms. The summed E-state index contributed by atoms with van der Waals surface area (Å²) < 4.78 is 0. The van der Waals surface area contributed by atoms with E-state index in [1.54, 1.807) is 0 Å². The third kappa shape index (κ3) is 1.96. The van der Waals surface area contributed by atoms with Crippen LogP contribution < -0.4 is 5.32 Å². The van der Waals surface area contributed by atoms with Gasteiger partial charge >= 0.3 is 0 Å². The average molecular weight is 143 g/mol. The maximum Gasteiger partial charge on any atom is 0.0512 e. The molecule has 1 aliphatic heterocycles. The van der Waals surface area contributed by atoms with Crippen LogP contribution in [0, 0.1) is 5.41 Å². The van der Waals surface area contributed by atoms with Crippen LogP contribution in [-0.4, -0.2) is 24.3 Å². The number of hydrogen-bond acceptors (Lipinski definition) is 2. The third-order valence-electron chi connectivity index (χ3n) is 2.27. The highest BCUT2D eigenvalue weighted by Gasteiger charge is 2.30. The zero-order chi connectivity index (χ0) is 7.61. The summed E-state index contributed by atoms with van der Waals surface area (Å²) >= 11 is 0. The van der Waals surface area contributed by atoms with Gasteiger partial charge in [0.15, 0.2) is 0 Å². The molecule has 60 valence electrons. The van der Waals surface area contributed by atoms with Crippen LogP contribution in [0.2, 0.25) is 0 Å². The summed E-state index contributed by atoms with van der Waals surface area (Å²) in [6, 6.07) is 0. The fourth-order valence-electron chi connectivity index (χ4n) is 1.29. The average Bonchev–Trinajstić information content (AvgIpc) is 1.79. The van der Waals surface area contributed by atoms with Crippen molar-refractivity contribution < 1.29 is 5.11 Å². The van der Waals surface area contributed by atoms with Crippen LogP contribution in [0.15, 0.2) is 0 Å². The van der Waals surface area contributed by atoms with Crippen LogP contribution in [0.5, 0.6) is 0 Å². The molecular weight excluding hydrogens is 126 g/mol. The molecule has 0 aromatic carbocycles. The van der Waals surface area contributed by atoms with Gasteiger partial charge in [0.05, 0.1) is 6.10 Å². The maximum absolute atomic E-state index is 9.01. The van der Waals surface area contributed by atoms with Gasteiger partial charge in [0.1, 0.15) is 0 Å². The van der Waals surface area contributed by atoms with Gasteiger partial charge in [-0.25, -0.2) is 0 Å². The molecule has 0 amide bonds. The number of hydrogen-bond donors (Lipinski definition) is 2. The number of aliphatic hydroxyl groups excluding tert-OH is 1. The monoisotopic (exact) mass is 143 g/mol. The lowest BCUT2D eigenvalue weighted by Crippen LogP contribution is -2.51. The summed E-state index contributed by atoms with van der Waals surface area (Å²) in [7, 11) is 0. The molecule has 1 heterocycles. The molecule has 0 aromatic heterocycles. The molecule has 0 radical (unpaired) electrons. The van der Waals surface area contributed by atoms with Crippen LogP contribution >= 0.6 is 0 Å². The van der Waals surface area contributed by atoms with Crippen LogP contribution in [0.3, 0.4) is 0 Å². The first kappa shape index (κ1) is 8.02. The maximum atomic E-state index is 9.01. The Hall–Kier alpha value is -0.0800. The van der Waals surface area contributed by atoms with E-state index in [4.69, 9.17) is 5.11 Å². The predicted molar refractivity (Wildman–Crippen MR) is 41.9 cm³/mol. The molecule has 0 saturated carbocycles. The number of nitrogens with one attached hydrogen (secondary N) is 1. The van der Waals surface area contributed by atoms with Crippen molar-refractivity contribution in [1.82, 2.24) is 5.32 Å². The van der Waals surface area contributed by atoms with Crippen molar-refractivity contribution in [2.75, 3.05) is 13.1 Å². The van der Waals surface area contributed by atoms with E-state index in [0.717, 1.165) is 25.9 Å². The van der Waals surface area contributed by atoms with E-state index >= 15 is 0 Å². The minimum atomic E-state index is -0.127. The van der Waals surface area contributed by atoms with Crippen molar-refractivity contribution in [3.05, 3.63) is 0 Å². The third-order valence-corrected chi connectivity index (χ3v) is 2.27. The molecule has 1 rings (SSSR count). The Morgan fingerprint density at radius 2 is 2.20 bits per heavy atom. The van der Waals surface area contributed by atoms with Crippen molar-refractivity contribution in [3.8, 4) is 0 Å². The summed E-state index contributed by atoms with van der Waals surface area (Å²) in [4.78, 5) is 0. The molecular formula is C8H17NO. The Balaban J connectivity index is 2.12. The van der Waals surface area contributed by atoms with E-state index in [-0.39, 0.29) is 6.10 Å². The Kier molecular flexibility index (Phi) is 2.32. The fourth-order valence-corrected chi connectivity index (χ4v) is 1.29. The lowest BCUT2D eigenvalue weighted by atomic mass is 9.79. The quantitative estimate of drug-likeness (QED) is 0.611. The summed E-state index contributed by atoms with van der Waals surface area (Å²) in [5.74, 6) is 0. The standard InChI is InChI=1S/C8H17NO/c1-7(10)3-4-8(2)5-9-6-8/h7,9-10H,3-6H2,1-2H3. The van der Waals surface area contributed by atoms with Crippen molar-refractivity contribution in [2.45, 2.75) is 32.8 Å². The predicted octanol–water partition coefficient (Wildman–Crippen LogP) is 0.757. The summed E-state index contributed by atoms with van der Waals surface area (Å²) in [5.41, 5.74) is 0.483. The van der Waals surface area contributed by atoms with E-state index in [2.05, 4.69) is 12.2 Å². The smallest absolute Gasteiger partial charge is 0.0512 e. The normalized spacial score (nSPS) is 25.5. The van der Waals surface area contributed by atoms with E-state index < -0.39 is 0 Å². The number of rotatable bonds is 3. The molecule has 1 fully saturated rings. The summed E-state index contributed by atoms with van der Waals surface area (Å²) in [6.45, 7) is 6.38. The summed E-state index contributed by atoms with van der Waals surface area (Å²) in [6.07, 6.45) is 1.97. The molecule has 2 nitrogen and oxygen atoms in total. The first-order valence-electron chi connectivity index (χ1n) is 4.01. The van der Waals surface area contributed by atoms with Crippen LogP contribution in [0.25, 0.3) is 0 Å². The van der Waals surface area contributed by atoms with Gasteiger partial charge in [-0.3, -0.25) is 0 Å². The molecule has 1 unspecified atom stereocenters. The van der Waals surface area contributed by atoms with Gasteiger partial charge in [-0.05, 0) is 25.2 Å². The van der Waals surface area contributed by atoms with E-state index in [1.165, 1.54) is 0 Å². The molecule has 1 aliphatic rings. The second-order valence-corrected chi connectivity index (χ2v) is 3.80. The fraction of sp³-hybridized carbons (Fsp3) is 1.00. The van der Waals surface area contributed by atoms with Crippen molar-refractivity contribution in [2.24, 2.45) is 5.41 Å². The van der Waals surface area contributed by atoms with Gasteiger partial charge < -0.3 is 10.4 Å². The first-order valence-corrected chi connectivity index (χ1v) is 4.01. The van der Waals surface area contributed by atoms with Crippen molar-refractivity contribution in [3.63, 3.8) is 0 Å². The second-order valence-electron chi connectivity index (χ2n) is 3.80. The van der Waals surface area contributed by atoms with Gasteiger partial charge in [0, 0.05) is 13.1 Å². The molecule has 1 atom stereocenters. The largest absolute Gasteiger partial charge is 0.393 e. The second kappa shape index (κ2) is 2.89. The molecule has 0 aliphatic carbocycles. The Labute approximate surface area is 62.6 Å². The van der Waals surface area contributed by atoms with Gasteiger partial charge in [-0.1, -0.05) is 6.92 Å². The Morgan fingerprint density at radius 1 is 1.60 bits per heavy atom. The highest BCUT2D eigenvalue weighted by molar-refractivity contribution is 4.88. The van der Waals surface area contributed by atoms with Gasteiger partial charge in [0.25, 0.3) is 0 Å². The molecule has 10 heavy (non-hydrogen) atoms. The Bertz CT molecular complexity index is 108. The van der Waals surface area contributed by atoms with E-state index in [9.17, 15) is 0 Å². The minimum absolute atomic E-state index is 0.127. The Morgan fingerprint density at radius 3 is 2.50 bits per heavy atom. The number of aliphatic hydroxyl groups is 1. The minimum Gasteiger partial charge on any atom is -0.393 e. The van der Waals surface area contributed by atoms with Crippen LogP contribution in [0.4, 0.5) is 0 Å². The highest BCUT2D eigenvalue weighted by Crippen LogP contribution is 2.27. The molecule has 2 N–H and O–H groups in total. The van der Waals surface area contributed by atoms with Crippen molar-refractivity contribution in [1.29, 1.82) is 0 Å². The highest BCUT2D eigenvalue weighted by atomic mass is 16.3. The summed E-state index contributed by atoms with van der Waals surface area (Å²) in [5, 5.41) is 12.3. The van der Waals surface area contributed by atoms with Gasteiger partial charge in [-0.15, -0.1) is 0 Å². The first-order chi connectivity index (χ1) is 4.62. The molecule has 0 bridgehead atoms. The van der Waals surface area contributed by atoms with Gasteiger partial charge in [0.2, 0.25) is 0 Å².